The van der Waals surface area contributed by atoms with Gasteiger partial charge in [0, 0.05) is 38.1 Å². The van der Waals surface area contributed by atoms with Crippen LogP contribution in [0.2, 0.25) is 0 Å². The molecule has 1 saturated heterocycles. The van der Waals surface area contributed by atoms with E-state index in [1.165, 1.54) is 44.9 Å². The smallest absolute Gasteiger partial charge is 0.317 e. The van der Waals surface area contributed by atoms with Crippen molar-refractivity contribution in [3.8, 4) is 0 Å². The van der Waals surface area contributed by atoms with E-state index in [2.05, 4.69) is 5.32 Å². The molecule has 24 heavy (non-hydrogen) atoms. The third-order valence-corrected chi connectivity index (χ3v) is 6.02. The van der Waals surface area contributed by atoms with Crippen molar-refractivity contribution in [2.45, 2.75) is 76.7 Å². The van der Waals surface area contributed by atoms with E-state index in [4.69, 9.17) is 0 Å². The first-order valence-electron chi connectivity index (χ1n) is 10.1. The molecular weight excluding hydrogens is 302 g/mol. The number of hydrogen-bond acceptors (Lipinski definition) is 2. The van der Waals surface area contributed by atoms with Crippen LogP contribution >= 0.6 is 0 Å². The number of nitrogens with zero attached hydrogens (tertiary/aromatic N) is 2. The molecule has 0 aromatic carbocycles. The molecule has 3 amide bonds. The lowest BCUT2D eigenvalue weighted by Crippen LogP contribution is -2.55. The Hall–Kier alpha value is -1.26. The van der Waals surface area contributed by atoms with Gasteiger partial charge >= 0.3 is 6.03 Å². The Labute approximate surface area is 146 Å². The van der Waals surface area contributed by atoms with Gasteiger partial charge in [0.2, 0.25) is 5.91 Å². The first-order chi connectivity index (χ1) is 11.7. The van der Waals surface area contributed by atoms with Gasteiger partial charge in [-0.25, -0.2) is 4.79 Å². The summed E-state index contributed by atoms with van der Waals surface area (Å²) >= 11 is 0. The predicted molar refractivity (Wildman–Crippen MR) is 94.7 cm³/mol. The first kappa shape index (κ1) is 17.6. The minimum absolute atomic E-state index is 0.0756. The first-order valence-corrected chi connectivity index (χ1v) is 10.1. The average molecular weight is 335 g/mol. The van der Waals surface area contributed by atoms with Crippen molar-refractivity contribution < 1.29 is 9.59 Å². The Morgan fingerprint density at radius 2 is 1.17 bits per heavy atom. The van der Waals surface area contributed by atoms with E-state index in [1.807, 2.05) is 9.80 Å². The van der Waals surface area contributed by atoms with Crippen molar-refractivity contribution in [1.82, 2.24) is 15.1 Å². The molecule has 5 nitrogen and oxygen atoms in total. The van der Waals surface area contributed by atoms with Gasteiger partial charge in [-0.3, -0.25) is 4.79 Å². The normalized spacial score (nSPS) is 24.5. The molecule has 0 unspecified atom stereocenters. The summed E-state index contributed by atoms with van der Waals surface area (Å²) in [7, 11) is 0. The number of urea groups is 1. The van der Waals surface area contributed by atoms with Crippen LogP contribution < -0.4 is 5.32 Å². The lowest BCUT2D eigenvalue weighted by atomic mass is 9.88. The average Bonchev–Trinajstić information content (AvgIpc) is 2.90. The fraction of sp³-hybridized carbons (Fsp3) is 0.895. The highest BCUT2D eigenvalue weighted by molar-refractivity contribution is 5.80. The molecule has 3 rings (SSSR count). The highest BCUT2D eigenvalue weighted by atomic mass is 16.2. The Bertz CT molecular complexity index is 418. The van der Waals surface area contributed by atoms with Crippen molar-refractivity contribution in [1.29, 1.82) is 0 Å². The van der Waals surface area contributed by atoms with E-state index in [1.54, 1.807) is 0 Å². The number of hydrogen-bond donors (Lipinski definition) is 1. The Morgan fingerprint density at radius 1 is 0.667 bits per heavy atom. The minimum atomic E-state index is 0.0756. The van der Waals surface area contributed by atoms with Crippen molar-refractivity contribution in [3.05, 3.63) is 0 Å². The number of nitrogens with one attached hydrogen (secondary N) is 1. The molecule has 2 saturated carbocycles. The van der Waals surface area contributed by atoms with Crippen molar-refractivity contribution in [2.75, 3.05) is 26.2 Å². The summed E-state index contributed by atoms with van der Waals surface area (Å²) in [6.45, 7) is 2.76. The summed E-state index contributed by atoms with van der Waals surface area (Å²) in [5.41, 5.74) is 0. The van der Waals surface area contributed by atoms with Crippen LogP contribution in [0.25, 0.3) is 0 Å². The van der Waals surface area contributed by atoms with Crippen LogP contribution in [0.5, 0.6) is 0 Å². The second-order valence-corrected chi connectivity index (χ2v) is 7.79. The number of rotatable bonds is 2. The van der Waals surface area contributed by atoms with Crippen LogP contribution in [0.1, 0.15) is 70.6 Å². The van der Waals surface area contributed by atoms with E-state index in [-0.39, 0.29) is 11.9 Å². The Balaban J connectivity index is 1.42. The molecule has 0 radical (unpaired) electrons. The highest BCUT2D eigenvalue weighted by Gasteiger charge is 2.30. The maximum absolute atomic E-state index is 12.6. The van der Waals surface area contributed by atoms with Crippen LogP contribution in [0.3, 0.4) is 0 Å². The number of carbonyl (C=O) groups is 2. The molecule has 3 aliphatic rings. The summed E-state index contributed by atoms with van der Waals surface area (Å²) in [6, 6.07) is 0.425. The van der Waals surface area contributed by atoms with Crippen LogP contribution in [0, 0.1) is 5.92 Å². The SMILES string of the molecule is O=C(NC1CCCCCC1)N1CCN(C(=O)C2CCCCC2)CC1. The van der Waals surface area contributed by atoms with Crippen molar-refractivity contribution in [3.63, 3.8) is 0 Å². The van der Waals surface area contributed by atoms with Gasteiger partial charge in [0.25, 0.3) is 0 Å². The fourth-order valence-electron chi connectivity index (χ4n) is 4.43. The third kappa shape index (κ3) is 4.64. The topological polar surface area (TPSA) is 52.7 Å². The maximum atomic E-state index is 12.6. The van der Waals surface area contributed by atoms with Crippen LogP contribution in [0.4, 0.5) is 4.79 Å². The van der Waals surface area contributed by atoms with Gasteiger partial charge in [0.05, 0.1) is 0 Å². The van der Waals surface area contributed by atoms with E-state index < -0.39 is 0 Å². The molecule has 136 valence electrons. The largest absolute Gasteiger partial charge is 0.339 e. The van der Waals surface area contributed by atoms with Crippen LogP contribution in [-0.4, -0.2) is 54.0 Å². The summed E-state index contributed by atoms with van der Waals surface area (Å²) < 4.78 is 0. The second-order valence-electron chi connectivity index (χ2n) is 7.79. The fourth-order valence-corrected chi connectivity index (χ4v) is 4.43. The number of piperazine rings is 1. The van der Waals surface area contributed by atoms with Crippen molar-refractivity contribution >= 4 is 11.9 Å². The van der Waals surface area contributed by atoms with Gasteiger partial charge in [-0.05, 0) is 25.7 Å². The number of carbonyl (C=O) groups excluding carboxylic acids is 2. The predicted octanol–water partition coefficient (Wildman–Crippen LogP) is 3.14. The Morgan fingerprint density at radius 3 is 1.79 bits per heavy atom. The zero-order valence-corrected chi connectivity index (χ0v) is 15.0. The molecule has 5 heteroatoms. The highest BCUT2D eigenvalue weighted by Crippen LogP contribution is 2.26. The van der Waals surface area contributed by atoms with E-state index >= 15 is 0 Å². The third-order valence-electron chi connectivity index (χ3n) is 6.02. The molecule has 2 aliphatic carbocycles. The molecule has 1 aliphatic heterocycles. The molecule has 0 atom stereocenters. The van der Waals surface area contributed by atoms with E-state index in [0.717, 1.165) is 25.7 Å². The standard InChI is InChI=1S/C19H33N3O2/c23-18(16-8-4-3-5-9-16)21-12-14-22(15-13-21)19(24)20-17-10-6-1-2-7-11-17/h16-17H,1-15H2,(H,20,24). The second kappa shape index (κ2) is 8.72. The molecule has 0 aromatic rings. The molecule has 0 spiro atoms. The van der Waals surface area contributed by atoms with Gasteiger partial charge in [-0.15, -0.1) is 0 Å². The zero-order valence-electron chi connectivity index (χ0n) is 15.0. The molecule has 1 N–H and O–H groups in total. The molecular formula is C19H33N3O2. The summed E-state index contributed by atoms with van der Waals surface area (Å²) in [4.78, 5) is 28.9. The van der Waals surface area contributed by atoms with Gasteiger partial charge < -0.3 is 15.1 Å². The molecule has 3 fully saturated rings. The monoisotopic (exact) mass is 335 g/mol. The van der Waals surface area contributed by atoms with E-state index in [9.17, 15) is 9.59 Å². The van der Waals surface area contributed by atoms with Gasteiger partial charge in [0.1, 0.15) is 0 Å². The summed E-state index contributed by atoms with van der Waals surface area (Å²) in [5, 5.41) is 3.22. The molecule has 0 aromatic heterocycles. The number of amides is 3. The van der Waals surface area contributed by atoms with Crippen molar-refractivity contribution in [2.24, 2.45) is 5.92 Å². The Kier molecular flexibility index (Phi) is 6.38. The molecule has 1 heterocycles. The lowest BCUT2D eigenvalue weighted by molar-refractivity contribution is -0.138. The lowest BCUT2D eigenvalue weighted by Gasteiger charge is -2.37. The van der Waals surface area contributed by atoms with Crippen LogP contribution in [-0.2, 0) is 4.79 Å². The summed E-state index contributed by atoms with van der Waals surface area (Å²) in [6.07, 6.45) is 13.1. The summed E-state index contributed by atoms with van der Waals surface area (Å²) in [5.74, 6) is 0.573. The van der Waals surface area contributed by atoms with Gasteiger partial charge in [-0.2, -0.15) is 0 Å². The molecule has 0 bridgehead atoms. The minimum Gasteiger partial charge on any atom is -0.339 e. The quantitative estimate of drug-likeness (QED) is 0.788. The van der Waals surface area contributed by atoms with Crippen LogP contribution in [0.15, 0.2) is 0 Å². The zero-order chi connectivity index (χ0) is 16.8. The van der Waals surface area contributed by atoms with E-state index in [0.29, 0.717) is 38.1 Å². The van der Waals surface area contributed by atoms with Gasteiger partial charge in [0.15, 0.2) is 0 Å². The van der Waals surface area contributed by atoms with Gasteiger partial charge in [-0.1, -0.05) is 44.9 Å². The maximum Gasteiger partial charge on any atom is 0.317 e.